The zero-order valence-electron chi connectivity index (χ0n) is 25.5. The molecule has 0 aliphatic heterocycles. The van der Waals surface area contributed by atoms with Crippen LogP contribution in [-0.2, 0) is 28.9 Å². The number of hydrogen-bond donors (Lipinski definition) is 2. The molecule has 1 aliphatic carbocycles. The van der Waals surface area contributed by atoms with E-state index in [1.54, 1.807) is 56.9 Å². The molecule has 13 heteroatoms. The molecular weight excluding hydrogens is 615 g/mol. The molecule has 4 aromatic rings. The van der Waals surface area contributed by atoms with Gasteiger partial charge in [0.05, 0.1) is 43.9 Å². The molecule has 2 amide bonds. The Balaban J connectivity index is 1.38. The van der Waals surface area contributed by atoms with Crippen molar-refractivity contribution in [1.82, 2.24) is 20.1 Å². The Bertz CT molecular complexity index is 1680. The summed E-state index contributed by atoms with van der Waals surface area (Å²) < 4.78 is 17.9. The van der Waals surface area contributed by atoms with Gasteiger partial charge in [-0.3, -0.25) is 14.2 Å². The number of nitrogens with one attached hydrogen (secondary N) is 2. The quantitative estimate of drug-likeness (QED) is 0.152. The van der Waals surface area contributed by atoms with Gasteiger partial charge in [-0.1, -0.05) is 23.9 Å². The van der Waals surface area contributed by atoms with Crippen molar-refractivity contribution in [2.24, 2.45) is 0 Å². The third-order valence-electron chi connectivity index (χ3n) is 7.32. The number of rotatable bonds is 12. The Hall–Kier alpha value is -4.36. The van der Waals surface area contributed by atoms with Crippen molar-refractivity contribution in [1.29, 1.82) is 0 Å². The minimum Gasteiger partial charge on any atom is -0.497 e. The Morgan fingerprint density at radius 3 is 2.51 bits per heavy atom. The molecule has 2 heterocycles. The number of carbonyl (C=O) groups is 3. The first kappa shape index (κ1) is 32.0. The topological polar surface area (TPSA) is 134 Å². The number of thiophene rings is 1. The van der Waals surface area contributed by atoms with Crippen molar-refractivity contribution in [2.75, 3.05) is 26.1 Å². The number of anilines is 1. The standard InChI is InChI=1S/C32H35N5O6S2/c1-5-43-31(40)27-22-10-6-9-13-25(22)45-30(27)34-28(38)19(2)44-32-36-35-26(37(32)23-11-7-8-12-24(23)42-4)18-33-29(39)20-14-16-21(41-3)17-15-20/h7-8,11-12,14-17,19H,5-6,9-10,13,18H2,1-4H3,(H,33,39)(H,34,38)/t19-/m1/s1. The van der Waals surface area contributed by atoms with Crippen molar-refractivity contribution in [3.63, 3.8) is 0 Å². The molecule has 1 aliphatic rings. The molecule has 2 aromatic carbocycles. The Labute approximate surface area is 269 Å². The van der Waals surface area contributed by atoms with Crippen molar-refractivity contribution >= 4 is 45.9 Å². The average molecular weight is 650 g/mol. The van der Waals surface area contributed by atoms with Crippen LogP contribution in [0, 0.1) is 0 Å². The summed E-state index contributed by atoms with van der Waals surface area (Å²) in [4.78, 5) is 40.4. The van der Waals surface area contributed by atoms with Gasteiger partial charge in [-0.15, -0.1) is 21.5 Å². The zero-order valence-corrected chi connectivity index (χ0v) is 27.2. The van der Waals surface area contributed by atoms with Crippen LogP contribution in [-0.4, -0.2) is 58.6 Å². The highest BCUT2D eigenvalue weighted by Gasteiger charge is 2.29. The Morgan fingerprint density at radius 1 is 1.02 bits per heavy atom. The Morgan fingerprint density at radius 2 is 1.78 bits per heavy atom. The van der Waals surface area contributed by atoms with Gasteiger partial charge in [0.2, 0.25) is 5.91 Å². The SMILES string of the molecule is CCOC(=O)c1c(NC(=O)[C@@H](C)Sc2nnc(CNC(=O)c3ccc(OC)cc3)n2-c2ccccc2OC)sc2c1CCCC2. The van der Waals surface area contributed by atoms with Gasteiger partial charge in [0.25, 0.3) is 5.91 Å². The van der Waals surface area contributed by atoms with Crippen LogP contribution in [0.2, 0.25) is 0 Å². The molecule has 2 N–H and O–H groups in total. The molecule has 0 spiro atoms. The second-order valence-corrected chi connectivity index (χ2v) is 12.6. The van der Waals surface area contributed by atoms with E-state index in [-0.39, 0.29) is 25.0 Å². The minimum absolute atomic E-state index is 0.0701. The third kappa shape index (κ3) is 7.15. The molecule has 0 bridgehead atoms. The number of para-hydroxylation sites is 2. The molecule has 11 nitrogen and oxygen atoms in total. The number of ether oxygens (including phenoxy) is 3. The first-order valence-corrected chi connectivity index (χ1v) is 16.3. The molecule has 236 valence electrons. The summed E-state index contributed by atoms with van der Waals surface area (Å²) in [5.41, 5.74) is 2.58. The maximum absolute atomic E-state index is 13.5. The van der Waals surface area contributed by atoms with E-state index in [4.69, 9.17) is 14.2 Å². The first-order chi connectivity index (χ1) is 21.8. The first-order valence-electron chi connectivity index (χ1n) is 14.6. The van der Waals surface area contributed by atoms with Crippen LogP contribution in [0.1, 0.15) is 63.7 Å². The number of aryl methyl sites for hydroxylation is 1. The number of carbonyl (C=O) groups excluding carboxylic acids is 3. The fourth-order valence-electron chi connectivity index (χ4n) is 5.05. The van der Waals surface area contributed by atoms with Crippen LogP contribution >= 0.6 is 23.1 Å². The van der Waals surface area contributed by atoms with E-state index in [1.807, 2.05) is 24.3 Å². The summed E-state index contributed by atoms with van der Waals surface area (Å²) in [5.74, 6) is 0.690. The average Bonchev–Trinajstić information content (AvgIpc) is 3.63. The minimum atomic E-state index is -0.612. The Kier molecular flexibility index (Phi) is 10.4. The van der Waals surface area contributed by atoms with E-state index < -0.39 is 11.2 Å². The molecule has 0 fully saturated rings. The summed E-state index contributed by atoms with van der Waals surface area (Å²) in [5, 5.41) is 15.0. The second-order valence-electron chi connectivity index (χ2n) is 10.2. The van der Waals surface area contributed by atoms with Gasteiger partial charge >= 0.3 is 5.97 Å². The summed E-state index contributed by atoms with van der Waals surface area (Å²) in [6.07, 6.45) is 3.72. The lowest BCUT2D eigenvalue weighted by Gasteiger charge is -2.16. The van der Waals surface area contributed by atoms with Gasteiger partial charge < -0.3 is 24.8 Å². The van der Waals surface area contributed by atoms with Gasteiger partial charge in [0.15, 0.2) is 11.0 Å². The fourth-order valence-corrected chi connectivity index (χ4v) is 7.21. The van der Waals surface area contributed by atoms with Crippen LogP contribution in [0.15, 0.2) is 53.7 Å². The van der Waals surface area contributed by atoms with Crippen molar-refractivity contribution in [2.45, 2.75) is 56.5 Å². The number of amides is 2. The van der Waals surface area contributed by atoms with Gasteiger partial charge in [0, 0.05) is 10.4 Å². The molecule has 0 saturated heterocycles. The predicted octanol–water partition coefficient (Wildman–Crippen LogP) is 5.45. The lowest BCUT2D eigenvalue weighted by molar-refractivity contribution is -0.115. The molecular formula is C32H35N5O6S2. The van der Waals surface area contributed by atoms with Gasteiger partial charge in [-0.05, 0) is 81.5 Å². The van der Waals surface area contributed by atoms with E-state index >= 15 is 0 Å². The number of nitrogens with zero attached hydrogens (tertiary/aromatic N) is 3. The summed E-state index contributed by atoms with van der Waals surface area (Å²) in [6, 6.07) is 14.2. The number of aromatic nitrogens is 3. The number of hydrogen-bond acceptors (Lipinski definition) is 10. The molecule has 2 aromatic heterocycles. The second kappa shape index (κ2) is 14.6. The normalized spacial score (nSPS) is 13.0. The molecule has 45 heavy (non-hydrogen) atoms. The highest BCUT2D eigenvalue weighted by atomic mass is 32.2. The number of fused-ring (bicyclic) bond motifs is 1. The van der Waals surface area contributed by atoms with Crippen LogP contribution < -0.4 is 20.1 Å². The van der Waals surface area contributed by atoms with Crippen molar-refractivity contribution in [3.8, 4) is 17.2 Å². The molecule has 0 saturated carbocycles. The van der Waals surface area contributed by atoms with E-state index in [2.05, 4.69) is 20.8 Å². The van der Waals surface area contributed by atoms with Crippen molar-refractivity contribution in [3.05, 3.63) is 75.9 Å². The number of esters is 1. The predicted molar refractivity (Wildman–Crippen MR) is 173 cm³/mol. The smallest absolute Gasteiger partial charge is 0.341 e. The van der Waals surface area contributed by atoms with E-state index in [1.165, 1.54) is 23.1 Å². The van der Waals surface area contributed by atoms with E-state index in [9.17, 15) is 14.4 Å². The summed E-state index contributed by atoms with van der Waals surface area (Å²) >= 11 is 2.66. The lowest BCUT2D eigenvalue weighted by Crippen LogP contribution is -2.25. The van der Waals surface area contributed by atoms with Gasteiger partial charge in [-0.25, -0.2) is 4.79 Å². The largest absolute Gasteiger partial charge is 0.497 e. The highest BCUT2D eigenvalue weighted by Crippen LogP contribution is 2.39. The van der Waals surface area contributed by atoms with Crippen LogP contribution in [0.3, 0.4) is 0 Å². The van der Waals surface area contributed by atoms with Gasteiger partial charge in [-0.2, -0.15) is 0 Å². The van der Waals surface area contributed by atoms with Gasteiger partial charge in [0.1, 0.15) is 16.5 Å². The number of methoxy groups -OCH3 is 2. The summed E-state index contributed by atoms with van der Waals surface area (Å²) in [6.45, 7) is 3.86. The maximum atomic E-state index is 13.5. The fraction of sp³-hybridized carbons (Fsp3) is 0.344. The molecule has 1 atom stereocenters. The maximum Gasteiger partial charge on any atom is 0.341 e. The zero-order chi connectivity index (χ0) is 31.9. The van der Waals surface area contributed by atoms with E-state index in [0.29, 0.717) is 44.3 Å². The lowest BCUT2D eigenvalue weighted by atomic mass is 9.95. The summed E-state index contributed by atoms with van der Waals surface area (Å²) in [7, 11) is 3.13. The van der Waals surface area contributed by atoms with Crippen molar-refractivity contribution < 1.29 is 28.6 Å². The molecule has 5 rings (SSSR count). The molecule has 0 unspecified atom stereocenters. The molecule has 0 radical (unpaired) electrons. The monoisotopic (exact) mass is 649 g/mol. The number of benzene rings is 2. The highest BCUT2D eigenvalue weighted by molar-refractivity contribution is 8.00. The number of thioether (sulfide) groups is 1. The van der Waals surface area contributed by atoms with Crippen LogP contribution in [0.25, 0.3) is 5.69 Å². The van der Waals surface area contributed by atoms with Crippen LogP contribution in [0.4, 0.5) is 5.00 Å². The van der Waals surface area contributed by atoms with E-state index in [0.717, 1.165) is 36.1 Å². The third-order valence-corrected chi connectivity index (χ3v) is 9.57. The van der Waals surface area contributed by atoms with Crippen LogP contribution in [0.5, 0.6) is 11.5 Å².